The fourth-order valence-electron chi connectivity index (χ4n) is 1.47. The Morgan fingerprint density at radius 2 is 2.24 bits per heavy atom. The second-order valence-corrected chi connectivity index (χ2v) is 5.73. The van der Waals surface area contributed by atoms with Crippen LogP contribution in [0, 0.1) is 0 Å². The van der Waals surface area contributed by atoms with Crippen LogP contribution in [0.15, 0.2) is 28.4 Å². The molecule has 0 bridgehead atoms. The molecule has 1 N–H and O–H groups in total. The molecule has 1 heterocycles. The van der Waals surface area contributed by atoms with E-state index in [4.69, 9.17) is 5.21 Å². The van der Waals surface area contributed by atoms with Gasteiger partial charge in [-0.05, 0) is 18.6 Å². The number of oxime groups is 1. The molecule has 0 fully saturated rings. The molecule has 1 aromatic rings. The van der Waals surface area contributed by atoms with Gasteiger partial charge in [0.1, 0.15) is 5.69 Å². The summed E-state index contributed by atoms with van der Waals surface area (Å²) in [5.74, 6) is 0.0960. The largest absolute Gasteiger partial charge is 0.411 e. The quantitative estimate of drug-likeness (QED) is 0.364. The second-order valence-electron chi connectivity index (χ2n) is 3.66. The summed E-state index contributed by atoms with van der Waals surface area (Å²) in [6.07, 6.45) is 4.97. The summed E-state index contributed by atoms with van der Waals surface area (Å²) in [5.41, 5.74) is 0.173. The van der Waals surface area contributed by atoms with Gasteiger partial charge in [0.15, 0.2) is 9.84 Å². The lowest BCUT2D eigenvalue weighted by Crippen LogP contribution is -2.10. The van der Waals surface area contributed by atoms with E-state index in [9.17, 15) is 8.42 Å². The predicted molar refractivity (Wildman–Crippen MR) is 65.2 cm³/mol. The maximum Gasteiger partial charge on any atom is 0.180 e. The van der Waals surface area contributed by atoms with E-state index in [2.05, 4.69) is 10.1 Å². The number of hydrogen-bond donors (Lipinski definition) is 1. The highest BCUT2D eigenvalue weighted by molar-refractivity contribution is 7.91. The summed E-state index contributed by atoms with van der Waals surface area (Å²) < 4.78 is 24.0. The molecule has 0 aliphatic heterocycles. The Balaban J connectivity index is 2.98. The molecule has 6 heteroatoms. The first-order valence-corrected chi connectivity index (χ1v) is 7.12. The van der Waals surface area contributed by atoms with Crippen LogP contribution in [-0.2, 0) is 9.84 Å². The standard InChI is InChI=1S/C11H16N2O3S/c1-2-3-4-8-17(15,16)11-6-5-7-12-10(11)9-13-14/h5-7,9,14H,2-4,8H2,1H3. The summed E-state index contributed by atoms with van der Waals surface area (Å²) in [7, 11) is -3.35. The minimum Gasteiger partial charge on any atom is -0.411 e. The molecule has 0 atom stereocenters. The average Bonchev–Trinajstić information content (AvgIpc) is 2.30. The molecule has 94 valence electrons. The molecule has 1 aromatic heterocycles. The van der Waals surface area contributed by atoms with Crippen molar-refractivity contribution in [3.8, 4) is 0 Å². The van der Waals surface area contributed by atoms with E-state index < -0.39 is 9.84 Å². The van der Waals surface area contributed by atoms with Gasteiger partial charge in [0.05, 0.1) is 16.9 Å². The Bertz CT molecular complexity index is 483. The maximum absolute atomic E-state index is 12.0. The lowest BCUT2D eigenvalue weighted by molar-refractivity contribution is 0.321. The van der Waals surface area contributed by atoms with E-state index in [1.807, 2.05) is 6.92 Å². The third kappa shape index (κ3) is 3.81. The lowest BCUT2D eigenvalue weighted by Gasteiger charge is -2.05. The molecule has 0 aliphatic carbocycles. The third-order valence-electron chi connectivity index (χ3n) is 2.33. The van der Waals surface area contributed by atoms with Gasteiger partial charge in [-0.3, -0.25) is 4.98 Å². The molecule has 0 aromatic carbocycles. The molecular formula is C11H16N2O3S. The summed E-state index contributed by atoms with van der Waals surface area (Å²) in [6.45, 7) is 2.01. The zero-order valence-corrected chi connectivity index (χ0v) is 10.5. The summed E-state index contributed by atoms with van der Waals surface area (Å²) in [5, 5.41) is 11.3. The molecule has 0 spiro atoms. The van der Waals surface area contributed by atoms with E-state index in [1.165, 1.54) is 12.3 Å². The van der Waals surface area contributed by atoms with Crippen LogP contribution in [-0.4, -0.2) is 30.6 Å². The monoisotopic (exact) mass is 256 g/mol. The van der Waals surface area contributed by atoms with Crippen molar-refractivity contribution in [1.82, 2.24) is 4.98 Å². The minimum absolute atomic E-state index is 0.0960. The molecule has 1 rings (SSSR count). The van der Waals surface area contributed by atoms with Gasteiger partial charge in [0.25, 0.3) is 0 Å². The van der Waals surface area contributed by atoms with Gasteiger partial charge in [-0.25, -0.2) is 8.42 Å². The number of nitrogens with zero attached hydrogens (tertiary/aromatic N) is 2. The van der Waals surface area contributed by atoms with Crippen molar-refractivity contribution in [1.29, 1.82) is 0 Å². The molecule has 0 saturated heterocycles. The van der Waals surface area contributed by atoms with Crippen molar-refractivity contribution >= 4 is 16.1 Å². The first-order chi connectivity index (χ1) is 8.11. The summed E-state index contributed by atoms with van der Waals surface area (Å²) in [4.78, 5) is 3.99. The normalized spacial score (nSPS) is 12.1. The number of sulfone groups is 1. The minimum atomic E-state index is -3.35. The van der Waals surface area contributed by atoms with Crippen LogP contribution in [0.4, 0.5) is 0 Å². The highest BCUT2D eigenvalue weighted by atomic mass is 32.2. The lowest BCUT2D eigenvalue weighted by atomic mass is 10.3. The van der Waals surface area contributed by atoms with E-state index in [0.717, 1.165) is 19.1 Å². The van der Waals surface area contributed by atoms with Gasteiger partial charge in [-0.1, -0.05) is 24.9 Å². The molecule has 0 unspecified atom stereocenters. The van der Waals surface area contributed by atoms with Crippen molar-refractivity contribution in [2.45, 2.75) is 31.1 Å². The maximum atomic E-state index is 12.0. The second kappa shape index (κ2) is 6.34. The van der Waals surface area contributed by atoms with Crippen LogP contribution in [0.3, 0.4) is 0 Å². The number of pyridine rings is 1. The Morgan fingerprint density at radius 1 is 1.47 bits per heavy atom. The first-order valence-electron chi connectivity index (χ1n) is 5.47. The number of aromatic nitrogens is 1. The number of rotatable bonds is 6. The van der Waals surface area contributed by atoms with Gasteiger partial charge in [-0.15, -0.1) is 0 Å². The van der Waals surface area contributed by atoms with Gasteiger partial charge < -0.3 is 5.21 Å². The molecule has 0 amide bonds. The van der Waals surface area contributed by atoms with Crippen molar-refractivity contribution in [3.63, 3.8) is 0 Å². The molecular weight excluding hydrogens is 240 g/mol. The van der Waals surface area contributed by atoms with Gasteiger partial charge in [-0.2, -0.15) is 0 Å². The van der Waals surface area contributed by atoms with E-state index in [-0.39, 0.29) is 16.3 Å². The molecule has 0 saturated carbocycles. The smallest absolute Gasteiger partial charge is 0.180 e. The fourth-order valence-corrected chi connectivity index (χ4v) is 2.98. The van der Waals surface area contributed by atoms with Crippen LogP contribution < -0.4 is 0 Å². The zero-order chi connectivity index (χ0) is 12.7. The summed E-state index contributed by atoms with van der Waals surface area (Å²) >= 11 is 0. The molecule has 17 heavy (non-hydrogen) atoms. The first kappa shape index (κ1) is 13.6. The van der Waals surface area contributed by atoms with Crippen LogP contribution >= 0.6 is 0 Å². The van der Waals surface area contributed by atoms with Crippen molar-refractivity contribution in [2.75, 3.05) is 5.75 Å². The van der Waals surface area contributed by atoms with Gasteiger partial charge in [0, 0.05) is 6.20 Å². The highest BCUT2D eigenvalue weighted by Crippen LogP contribution is 2.15. The molecule has 0 radical (unpaired) electrons. The molecule has 0 aliphatic rings. The van der Waals surface area contributed by atoms with E-state index in [0.29, 0.717) is 6.42 Å². The van der Waals surface area contributed by atoms with Crippen molar-refractivity contribution in [2.24, 2.45) is 5.16 Å². The van der Waals surface area contributed by atoms with Crippen LogP contribution in [0.1, 0.15) is 31.9 Å². The van der Waals surface area contributed by atoms with Gasteiger partial charge >= 0.3 is 0 Å². The van der Waals surface area contributed by atoms with Crippen LogP contribution in [0.5, 0.6) is 0 Å². The Morgan fingerprint density at radius 3 is 2.88 bits per heavy atom. The highest BCUT2D eigenvalue weighted by Gasteiger charge is 2.17. The zero-order valence-electron chi connectivity index (χ0n) is 9.70. The van der Waals surface area contributed by atoms with Crippen molar-refractivity contribution < 1.29 is 13.6 Å². The Labute approximate surface area is 101 Å². The van der Waals surface area contributed by atoms with Crippen molar-refractivity contribution in [3.05, 3.63) is 24.0 Å². The summed E-state index contributed by atoms with van der Waals surface area (Å²) in [6, 6.07) is 3.03. The number of hydrogen-bond acceptors (Lipinski definition) is 5. The van der Waals surface area contributed by atoms with Crippen LogP contribution in [0.25, 0.3) is 0 Å². The third-order valence-corrected chi connectivity index (χ3v) is 4.17. The topological polar surface area (TPSA) is 79.6 Å². The van der Waals surface area contributed by atoms with Crippen LogP contribution in [0.2, 0.25) is 0 Å². The Hall–Kier alpha value is -1.43. The van der Waals surface area contributed by atoms with E-state index in [1.54, 1.807) is 6.07 Å². The van der Waals surface area contributed by atoms with Gasteiger partial charge in [0.2, 0.25) is 0 Å². The fraction of sp³-hybridized carbons (Fsp3) is 0.455. The SMILES string of the molecule is CCCCCS(=O)(=O)c1cccnc1C=NO. The average molecular weight is 256 g/mol. The Kier molecular flexibility index (Phi) is 5.09. The molecule has 5 nitrogen and oxygen atoms in total. The number of unbranched alkanes of at least 4 members (excludes halogenated alkanes) is 2. The van der Waals surface area contributed by atoms with E-state index >= 15 is 0 Å². The predicted octanol–water partition coefficient (Wildman–Crippen LogP) is 1.85.